The van der Waals surface area contributed by atoms with Crippen molar-refractivity contribution in [2.24, 2.45) is 22.9 Å². The maximum atomic E-state index is 15.8. The zero-order valence-electron chi connectivity index (χ0n) is 41.0. The van der Waals surface area contributed by atoms with Crippen LogP contribution in [0.25, 0.3) is 21.5 Å². The van der Waals surface area contributed by atoms with Gasteiger partial charge >= 0.3 is 0 Å². The van der Waals surface area contributed by atoms with Gasteiger partial charge in [-0.3, -0.25) is 4.79 Å². The van der Waals surface area contributed by atoms with Gasteiger partial charge in [0.1, 0.15) is 29.9 Å². The van der Waals surface area contributed by atoms with Crippen LogP contribution in [0.1, 0.15) is 83.5 Å². The van der Waals surface area contributed by atoms with Crippen LogP contribution < -0.4 is 9.47 Å². The van der Waals surface area contributed by atoms with E-state index in [-0.39, 0.29) is 63.1 Å². The molecule has 0 aromatic heterocycles. The monoisotopic (exact) mass is 971 g/mol. The van der Waals surface area contributed by atoms with Crippen molar-refractivity contribution in [1.29, 1.82) is 5.26 Å². The molecule has 10 nitrogen and oxygen atoms in total. The Morgan fingerprint density at radius 2 is 1.51 bits per heavy atom. The molecule has 2 aliphatic carbocycles. The van der Waals surface area contributed by atoms with E-state index < -0.39 is 17.7 Å². The van der Waals surface area contributed by atoms with Crippen molar-refractivity contribution in [3.63, 3.8) is 0 Å². The Bertz CT molecular complexity index is 3180. The van der Waals surface area contributed by atoms with Crippen LogP contribution in [0.15, 0.2) is 187 Å². The molecule has 7 aromatic rings. The molecule has 370 valence electrons. The number of fused-ring (bicyclic) bond motifs is 4. The van der Waals surface area contributed by atoms with Gasteiger partial charge in [-0.05, 0) is 130 Å². The number of aliphatic hydroxyl groups excluding tert-OH is 2. The Morgan fingerprint density at radius 3 is 2.29 bits per heavy atom. The number of allylic oxidation sites excluding steroid dienone is 1. The van der Waals surface area contributed by atoms with Crippen molar-refractivity contribution in [2.45, 2.75) is 75.8 Å². The Hall–Kier alpha value is -7.55. The number of amides is 1. The molecule has 1 heterocycles. The lowest BCUT2D eigenvalue weighted by molar-refractivity contribution is -0.255. The molecular formula is C63H61N3O7. The molecular weight excluding hydrogens is 911 g/mol. The molecule has 2 N–H and O–H groups in total. The van der Waals surface area contributed by atoms with Gasteiger partial charge in [-0.2, -0.15) is 5.26 Å². The second kappa shape index (κ2) is 22.5. The third-order valence-corrected chi connectivity index (χ3v) is 15.0. The second-order valence-electron chi connectivity index (χ2n) is 19.4. The van der Waals surface area contributed by atoms with Gasteiger partial charge in [-0.15, -0.1) is 6.58 Å². The van der Waals surface area contributed by atoms with E-state index in [4.69, 9.17) is 24.2 Å². The molecule has 10 heteroatoms. The predicted molar refractivity (Wildman–Crippen MR) is 285 cm³/mol. The van der Waals surface area contributed by atoms with Crippen molar-refractivity contribution in [1.82, 2.24) is 4.90 Å². The number of hydrogen-bond donors (Lipinski definition) is 2. The molecule has 0 spiro atoms. The highest BCUT2D eigenvalue weighted by molar-refractivity contribution is 6.03. The Balaban J connectivity index is 1.19. The molecule has 0 bridgehead atoms. The van der Waals surface area contributed by atoms with E-state index in [0.717, 1.165) is 69.5 Å². The number of ether oxygens (including phenoxy) is 3. The summed E-state index contributed by atoms with van der Waals surface area (Å²) < 4.78 is 21.7. The largest absolute Gasteiger partial charge is 0.459 e. The maximum absolute atomic E-state index is 15.8. The minimum atomic E-state index is -1.50. The minimum Gasteiger partial charge on any atom is -0.459 e. The lowest BCUT2D eigenvalue weighted by Gasteiger charge is -2.60. The summed E-state index contributed by atoms with van der Waals surface area (Å²) in [6, 6.07) is 52.8. The number of rotatable bonds is 20. The van der Waals surface area contributed by atoms with Gasteiger partial charge in [0.2, 0.25) is 5.79 Å². The summed E-state index contributed by atoms with van der Waals surface area (Å²) in [7, 11) is 0. The molecule has 0 saturated heterocycles. The Kier molecular flexibility index (Phi) is 15.1. The van der Waals surface area contributed by atoms with Gasteiger partial charge in [-0.1, -0.05) is 133 Å². The van der Waals surface area contributed by atoms with Gasteiger partial charge in [0.25, 0.3) is 5.91 Å². The van der Waals surface area contributed by atoms with Gasteiger partial charge in [0.05, 0.1) is 29.9 Å². The molecule has 0 radical (unpaired) electrons. The molecule has 1 amide bonds. The average molecular weight is 972 g/mol. The highest BCUT2D eigenvalue weighted by atomic mass is 16.7. The summed E-state index contributed by atoms with van der Waals surface area (Å²) in [5.74, 6) is -0.534. The number of aliphatic hydroxyl groups is 2. The first-order valence-electron chi connectivity index (χ1n) is 25.6. The lowest BCUT2D eigenvalue weighted by Crippen LogP contribution is -2.70. The Labute approximate surface area is 427 Å². The average Bonchev–Trinajstić information content (AvgIpc) is 3.43. The molecule has 7 aromatic carbocycles. The topological polar surface area (TPSA) is 134 Å². The summed E-state index contributed by atoms with van der Waals surface area (Å²) in [6.45, 7) is 4.84. The van der Waals surface area contributed by atoms with Crippen molar-refractivity contribution in [2.75, 3.05) is 19.8 Å². The highest BCUT2D eigenvalue weighted by Gasteiger charge is 2.65. The van der Waals surface area contributed by atoms with E-state index in [9.17, 15) is 15.5 Å². The van der Waals surface area contributed by atoms with Crippen LogP contribution in [0.3, 0.4) is 0 Å². The summed E-state index contributed by atoms with van der Waals surface area (Å²) in [6.07, 6.45) is 8.79. The minimum absolute atomic E-state index is 0.00949. The number of carbonyl (C=O) groups is 1. The van der Waals surface area contributed by atoms with Crippen molar-refractivity contribution in [3.05, 3.63) is 210 Å². The van der Waals surface area contributed by atoms with Gasteiger partial charge < -0.3 is 34.2 Å². The van der Waals surface area contributed by atoms with Crippen molar-refractivity contribution < 1.29 is 34.1 Å². The van der Waals surface area contributed by atoms with Crippen LogP contribution in [0.5, 0.6) is 17.2 Å². The highest BCUT2D eigenvalue weighted by Crippen LogP contribution is 2.62. The first-order valence-corrected chi connectivity index (χ1v) is 25.6. The van der Waals surface area contributed by atoms with Crippen LogP contribution in [0.2, 0.25) is 0 Å². The number of oxime groups is 1. The molecule has 73 heavy (non-hydrogen) atoms. The van der Waals surface area contributed by atoms with E-state index in [1.165, 1.54) is 0 Å². The molecule has 10 rings (SSSR count). The predicted octanol–water partition coefficient (Wildman–Crippen LogP) is 12.8. The van der Waals surface area contributed by atoms with Crippen LogP contribution in [-0.2, 0) is 22.7 Å². The van der Waals surface area contributed by atoms with E-state index in [1.807, 2.05) is 83.8 Å². The SMILES string of the molecule is C=CCOC12Oc3ccc(Oc4ccc5ccccc5c4)cc3C3C(CCCCO)C(CCCCO)C=C(C(=NOCc4ccccc4)CC1N(Cc1cccc4ccccc14)C(=O)c1ccc(C#N)cc1)C32. The maximum Gasteiger partial charge on any atom is 0.254 e. The van der Waals surface area contributed by atoms with Crippen LogP contribution in [0, 0.1) is 29.1 Å². The molecule has 1 fully saturated rings. The number of nitriles is 1. The fraction of sp³-hybridized carbons (Fsp3) is 0.286. The quantitative estimate of drug-likeness (QED) is 0.0438. The fourth-order valence-corrected chi connectivity index (χ4v) is 11.6. The smallest absolute Gasteiger partial charge is 0.254 e. The molecule has 1 aliphatic heterocycles. The van der Waals surface area contributed by atoms with Gasteiger partial charge in [0, 0.05) is 43.2 Å². The van der Waals surface area contributed by atoms with Gasteiger partial charge in [0.15, 0.2) is 0 Å². The van der Waals surface area contributed by atoms with Crippen LogP contribution in [-0.4, -0.2) is 58.4 Å². The zero-order valence-corrected chi connectivity index (χ0v) is 41.0. The molecule has 3 aliphatic rings. The molecule has 1 saturated carbocycles. The summed E-state index contributed by atoms with van der Waals surface area (Å²) in [4.78, 5) is 24.0. The summed E-state index contributed by atoms with van der Waals surface area (Å²) in [5.41, 5.74) is 5.35. The number of unbranched alkanes of at least 4 members (excludes halogenated alkanes) is 2. The molecule has 6 atom stereocenters. The normalized spacial score (nSPS) is 21.3. The number of benzene rings is 7. The first-order chi connectivity index (χ1) is 35.9. The van der Waals surface area contributed by atoms with E-state index in [1.54, 1.807) is 30.3 Å². The van der Waals surface area contributed by atoms with Crippen LogP contribution >= 0.6 is 0 Å². The first kappa shape index (κ1) is 49.0. The third kappa shape index (κ3) is 10.3. The Morgan fingerprint density at radius 1 is 0.795 bits per heavy atom. The van der Waals surface area contributed by atoms with E-state index in [0.29, 0.717) is 46.9 Å². The third-order valence-electron chi connectivity index (χ3n) is 15.0. The fourth-order valence-electron chi connectivity index (χ4n) is 11.6. The van der Waals surface area contributed by atoms with Crippen molar-refractivity contribution in [3.8, 4) is 23.3 Å². The summed E-state index contributed by atoms with van der Waals surface area (Å²) >= 11 is 0. The number of nitrogens with zero attached hydrogens (tertiary/aromatic N) is 3. The van der Waals surface area contributed by atoms with Crippen molar-refractivity contribution >= 4 is 33.2 Å². The standard InChI is InChI=1S/C63H61N3O7/c1-2-35-70-63-59(66(62(69)47-27-25-43(40-64)26-28-47)41-50-22-14-21-46-18-8-9-23-53(46)50)39-57(65-71-42-44-15-4-3-5-16-44)55-37-49(20-10-12-33-67)54(24-11-13-34-68)60(61(55)63)56-38-52(31-32-58(56)73-63)72-51-30-29-45-17-6-7-19-48(45)36-51/h2-9,14-19,21-23,25-32,36-38,49,54,59-61,67-68H,1,10-13,20,24,33-35,39,41-42H2. The summed E-state index contributed by atoms with van der Waals surface area (Å²) in [5, 5.41) is 39.4. The lowest BCUT2D eigenvalue weighted by atomic mass is 9.55. The second-order valence-corrected chi connectivity index (χ2v) is 19.4. The van der Waals surface area contributed by atoms with Gasteiger partial charge in [-0.25, -0.2) is 0 Å². The number of hydrogen-bond acceptors (Lipinski definition) is 9. The van der Waals surface area contributed by atoms with E-state index >= 15 is 4.79 Å². The van der Waals surface area contributed by atoms with E-state index in [2.05, 4.69) is 73.3 Å². The zero-order chi connectivity index (χ0) is 50.2. The van der Waals surface area contributed by atoms with Crippen LogP contribution in [0.4, 0.5) is 0 Å². The number of carbonyl (C=O) groups excluding carboxylic acids is 1. The molecule has 6 unspecified atom stereocenters.